The number of thioether (sulfide) groups is 1. The van der Waals surface area contributed by atoms with Crippen LogP contribution in [0, 0.1) is 23.7 Å². The van der Waals surface area contributed by atoms with E-state index in [0.29, 0.717) is 28.1 Å². The standard InChI is InChI=1S/C85H83N9O27S/c1-83(2)70(94-78(109)63(79(94)122-83)89-77(108)62(86)33-17-19-36(95)20-18-33)82(112)117-37(31-115-46-13-11-15-48-58(46)44(96)29-52(118-48)80(110)120-50-23-21-42(90(3)4)38-25-34-27-40-64(92(7)8)68(100)60(75(87)106)73(104)84(40,113)71(102)54(34)66(98)56(38)50)32-116-47-14-12-16-49-59(47)45(97)30-53(119-49)81(111)121-51-24-22-43(91(5)6)39-26-35-28-41-65(93(9)10)69(101)61(76(88)107)74(105)85(41,114)72(103)55(35)67(99)57(39)51/h11-24,29-30,34-35,37,40-41,62-65,70,79,95,100-103,113-114H,25-28,31-32,86H2,1-10H3,(H2,87,106)(H2,88,107)(H,89,108). The zero-order valence-corrected chi connectivity index (χ0v) is 67.8. The summed E-state index contributed by atoms with van der Waals surface area (Å²) in [6.45, 7) is 1.95. The highest BCUT2D eigenvalue weighted by atomic mass is 32.2. The van der Waals surface area contributed by atoms with E-state index >= 15 is 9.59 Å². The van der Waals surface area contributed by atoms with Crippen LogP contribution in [0.2, 0.25) is 0 Å². The number of primary amides is 2. The number of carbonyl (C=O) groups excluding carboxylic acids is 11. The molecule has 2 saturated heterocycles. The fraction of sp³-hybridized carbons (Fsp3) is 0.353. The van der Waals surface area contributed by atoms with Crippen LogP contribution in [0.15, 0.2) is 161 Å². The maximum atomic E-state index is 15.1. The number of aliphatic hydroxyl groups is 6. The number of hydrogen-bond acceptors (Lipinski definition) is 33. The minimum Gasteiger partial charge on any atom is -0.510 e. The van der Waals surface area contributed by atoms with Crippen molar-refractivity contribution >= 4 is 110 Å². The number of ether oxygens (including phenoxy) is 5. The van der Waals surface area contributed by atoms with Gasteiger partial charge in [0.15, 0.2) is 39.7 Å². The van der Waals surface area contributed by atoms with E-state index in [2.05, 4.69) is 5.32 Å². The van der Waals surface area contributed by atoms with E-state index in [-0.39, 0.29) is 76.0 Å². The van der Waals surface area contributed by atoms with Crippen molar-refractivity contribution in [2.45, 2.75) is 97.2 Å². The number of nitrogens with zero attached hydrogens (tertiary/aromatic N) is 5. The van der Waals surface area contributed by atoms with Gasteiger partial charge in [0.2, 0.25) is 34.9 Å². The lowest BCUT2D eigenvalue weighted by molar-refractivity contribution is -0.169. The number of hydrogen-bond donors (Lipinski definition) is 11. The predicted octanol–water partition coefficient (Wildman–Crippen LogP) is 3.25. The molecule has 15 rings (SSSR count). The molecule has 5 aromatic carbocycles. The first-order valence-electron chi connectivity index (χ1n) is 38.4. The Balaban J connectivity index is 0.711. The van der Waals surface area contributed by atoms with E-state index in [1.165, 1.54) is 127 Å². The number of phenols is 1. The van der Waals surface area contributed by atoms with Gasteiger partial charge < -0.3 is 105 Å². The SMILES string of the molecule is CN(C)c1ccc(OC(=O)c2cc(=O)c3c(OCC(COc4cccc5oc(C(=O)Oc6ccc(N(C)C)c7c6C(=O)C6=C(O)C8(O)C(=O)C(C(N)=O)=C(O)C(N(C)C)C8CC6C7)cc(=O)c45)OC(=O)C4N5C(=O)C(NC(=O)C(N)c6ccc(O)cc6)C5SC4(C)C)cccc3o2)c2c1CC1CC3C(N(C)C)C(O)=C(C(N)=O)C(=O)C3(O)C(O)=C1C2=O. The van der Waals surface area contributed by atoms with Crippen LogP contribution in [0.3, 0.4) is 0 Å². The number of anilines is 2. The number of β-lactam (4-membered cyclic amide) rings is 1. The maximum absolute atomic E-state index is 15.1. The molecule has 14 N–H and O–H groups in total. The minimum absolute atomic E-state index is 0.0492. The van der Waals surface area contributed by atoms with E-state index in [0.717, 1.165) is 12.1 Å². The molecule has 0 bridgehead atoms. The summed E-state index contributed by atoms with van der Waals surface area (Å²) in [5.41, 5.74) is 7.69. The Morgan fingerprint density at radius 1 is 0.590 bits per heavy atom. The average molecular weight is 1690 g/mol. The molecule has 2 fully saturated rings. The van der Waals surface area contributed by atoms with Crippen LogP contribution in [0.25, 0.3) is 21.9 Å². The summed E-state index contributed by atoms with van der Waals surface area (Å²) in [6, 6.07) is 14.6. The van der Waals surface area contributed by atoms with Crippen molar-refractivity contribution in [3.8, 4) is 28.7 Å². The van der Waals surface area contributed by atoms with Crippen molar-refractivity contribution in [2.75, 3.05) is 79.4 Å². The molecular weight excluding hydrogens is 1610 g/mol. The summed E-state index contributed by atoms with van der Waals surface area (Å²) >= 11 is 1.17. The Morgan fingerprint density at radius 3 is 1.42 bits per heavy atom. The number of nitrogens with two attached hydrogens (primary N) is 3. The fourth-order valence-electron chi connectivity index (χ4n) is 18.5. The van der Waals surface area contributed by atoms with Crippen LogP contribution < -0.4 is 62.1 Å². The van der Waals surface area contributed by atoms with Gasteiger partial charge in [-0.25, -0.2) is 14.4 Å². The number of ketones is 4. The molecule has 12 unspecified atom stereocenters. The number of aliphatic hydroxyl groups excluding tert-OH is 4. The number of amides is 4. The molecule has 4 heterocycles. The third-order valence-corrected chi connectivity index (χ3v) is 25.5. The molecule has 37 heteroatoms. The molecule has 2 aliphatic heterocycles. The molecule has 122 heavy (non-hydrogen) atoms. The van der Waals surface area contributed by atoms with Crippen LogP contribution >= 0.6 is 11.8 Å². The molecular formula is C85H83N9O27S. The highest BCUT2D eigenvalue weighted by molar-refractivity contribution is 8.01. The number of likely N-dealkylation sites (N-methyl/N-ethyl adjacent to an activating group) is 2. The Labute approximate surface area is 695 Å². The fourth-order valence-corrected chi connectivity index (χ4v) is 20.1. The van der Waals surface area contributed by atoms with Crippen LogP contribution in [0.4, 0.5) is 11.4 Å². The molecule has 0 radical (unpaired) electrons. The van der Waals surface area contributed by atoms with Gasteiger partial charge in [0.1, 0.15) is 122 Å². The van der Waals surface area contributed by atoms with Crippen molar-refractivity contribution < 1.29 is 121 Å². The lowest BCUT2D eigenvalue weighted by Gasteiger charge is -2.50. The number of aromatic hydroxyl groups is 1. The van der Waals surface area contributed by atoms with Crippen molar-refractivity contribution in [3.05, 3.63) is 202 Å². The van der Waals surface area contributed by atoms with Gasteiger partial charge >= 0.3 is 17.9 Å². The first kappa shape index (κ1) is 83.8. The lowest BCUT2D eigenvalue weighted by atomic mass is 9.58. The van der Waals surface area contributed by atoms with Crippen LogP contribution in [0.1, 0.15) is 91.2 Å². The molecule has 636 valence electrons. The van der Waals surface area contributed by atoms with Crippen LogP contribution in [-0.2, 0) is 51.1 Å². The molecule has 0 spiro atoms. The molecule has 8 aliphatic rings. The topological polar surface area (TPSA) is 542 Å². The highest BCUT2D eigenvalue weighted by Gasteiger charge is 2.67. The van der Waals surface area contributed by atoms with Gasteiger partial charge in [-0.3, -0.25) is 57.7 Å². The van der Waals surface area contributed by atoms with Gasteiger partial charge in [0.05, 0.1) is 23.2 Å². The Bertz CT molecular complexity index is 5780. The Kier molecular flexibility index (Phi) is 21.0. The van der Waals surface area contributed by atoms with Crippen molar-refractivity contribution in [3.63, 3.8) is 0 Å². The number of Topliss-reactive ketones (excluding diaryl/α,β-unsaturated/α-hetero) is 4. The minimum atomic E-state index is -2.93. The largest absolute Gasteiger partial charge is 0.510 e. The average Bonchev–Trinajstić information content (AvgIpc) is 0.729. The number of allylic oxidation sites excluding steroid dienone is 2. The van der Waals surface area contributed by atoms with Crippen molar-refractivity contribution in [2.24, 2.45) is 40.9 Å². The molecule has 4 amide bonds. The predicted molar refractivity (Wildman–Crippen MR) is 431 cm³/mol. The van der Waals surface area contributed by atoms with Gasteiger partial charge in [-0.05, 0) is 157 Å². The Morgan fingerprint density at radius 2 is 1.02 bits per heavy atom. The highest BCUT2D eigenvalue weighted by Crippen LogP contribution is 2.57. The number of phenolic OH excluding ortho intramolecular Hbond substituents is 1. The second-order valence-corrected chi connectivity index (χ2v) is 34.3. The first-order chi connectivity index (χ1) is 57.5. The summed E-state index contributed by atoms with van der Waals surface area (Å²) in [7, 11) is 12.8. The zero-order chi connectivity index (χ0) is 88.2. The maximum Gasteiger partial charge on any atom is 0.379 e. The monoisotopic (exact) mass is 1690 g/mol. The van der Waals surface area contributed by atoms with E-state index in [1.807, 2.05) is 0 Å². The summed E-state index contributed by atoms with van der Waals surface area (Å²) in [5, 5.41) is 82.4. The smallest absolute Gasteiger partial charge is 0.379 e. The van der Waals surface area contributed by atoms with Gasteiger partial charge in [-0.2, -0.15) is 0 Å². The molecule has 7 aromatic rings. The number of benzene rings is 5. The molecule has 36 nitrogen and oxygen atoms in total. The van der Waals surface area contributed by atoms with E-state index in [1.54, 1.807) is 64.0 Å². The second kappa shape index (κ2) is 30.5. The van der Waals surface area contributed by atoms with E-state index in [9.17, 15) is 88.5 Å². The third-order valence-electron chi connectivity index (χ3n) is 24.0. The number of rotatable bonds is 21. The number of fused-ring (bicyclic) bond motifs is 9. The van der Waals surface area contributed by atoms with E-state index in [4.69, 9.17) is 49.7 Å². The third kappa shape index (κ3) is 13.3. The van der Waals surface area contributed by atoms with Crippen LogP contribution in [-0.4, -0.2) is 236 Å². The van der Waals surface area contributed by atoms with Gasteiger partial charge in [-0.15, -0.1) is 11.8 Å². The zero-order valence-electron chi connectivity index (χ0n) is 67.0. The molecule has 12 atom stereocenters. The molecule has 2 aromatic heterocycles. The first-order valence-corrected chi connectivity index (χ1v) is 39.3. The number of esters is 3. The normalized spacial score (nSPS) is 24.9. The molecule has 6 aliphatic carbocycles. The Hall–Kier alpha value is -13.2. The summed E-state index contributed by atoms with van der Waals surface area (Å²) in [6.07, 6.45) is -2.02. The summed E-state index contributed by atoms with van der Waals surface area (Å²) in [4.78, 5) is 192. The summed E-state index contributed by atoms with van der Waals surface area (Å²) in [5.74, 6) is -23.4. The second-order valence-electron chi connectivity index (χ2n) is 32.6. The number of nitrogens with one attached hydrogen (secondary N) is 1. The summed E-state index contributed by atoms with van der Waals surface area (Å²) < 4.78 is 41.5. The van der Waals surface area contributed by atoms with Crippen molar-refractivity contribution in [1.29, 1.82) is 0 Å². The lowest BCUT2D eigenvalue weighted by Crippen LogP contribution is -2.71. The van der Waals surface area contributed by atoms with Gasteiger partial charge in [0, 0.05) is 79.4 Å². The van der Waals surface area contributed by atoms with Gasteiger partial charge in [-0.1, -0.05) is 24.3 Å². The number of carbonyl (C=O) groups is 11. The van der Waals surface area contributed by atoms with E-state index < -0.39 is 238 Å². The van der Waals surface area contributed by atoms with Crippen molar-refractivity contribution in [1.82, 2.24) is 20.0 Å². The molecule has 0 saturated carbocycles. The quantitative estimate of drug-likeness (QED) is 0.0213. The van der Waals surface area contributed by atoms with Gasteiger partial charge in [0.25, 0.3) is 11.8 Å². The van der Waals surface area contributed by atoms with Crippen LogP contribution in [0.5, 0.6) is 28.7 Å².